The molecule has 2 aromatic rings. The van der Waals surface area contributed by atoms with Crippen LogP contribution in [-0.4, -0.2) is 17.1 Å². The van der Waals surface area contributed by atoms with Crippen molar-refractivity contribution in [1.29, 1.82) is 0 Å². The van der Waals surface area contributed by atoms with Gasteiger partial charge in [0.15, 0.2) is 0 Å². The molecule has 0 saturated heterocycles. The summed E-state index contributed by atoms with van der Waals surface area (Å²) in [5.74, 6) is 0.723. The van der Waals surface area contributed by atoms with Gasteiger partial charge in [-0.1, -0.05) is 0 Å². The Morgan fingerprint density at radius 3 is 3.27 bits per heavy atom. The summed E-state index contributed by atoms with van der Waals surface area (Å²) in [6, 6.07) is 3.89. The quantitative estimate of drug-likeness (QED) is 0.666. The maximum absolute atomic E-state index is 5.05. The first kappa shape index (κ1) is 6.22. The predicted octanol–water partition coefficient (Wildman–Crippen LogP) is 1.57. The minimum atomic E-state index is 0.723. The number of nitrogens with one attached hydrogen (secondary N) is 1. The molecule has 0 fully saturated rings. The van der Waals surface area contributed by atoms with Gasteiger partial charge in [0.1, 0.15) is 5.52 Å². The molecule has 0 radical (unpaired) electrons. The summed E-state index contributed by atoms with van der Waals surface area (Å²) in [7, 11) is 1.62. The zero-order chi connectivity index (χ0) is 7.68. The van der Waals surface area contributed by atoms with E-state index < -0.39 is 0 Å². The molecule has 3 heteroatoms. The van der Waals surface area contributed by atoms with E-state index in [9.17, 15) is 0 Å². The van der Waals surface area contributed by atoms with Crippen molar-refractivity contribution in [2.45, 2.75) is 0 Å². The van der Waals surface area contributed by atoms with Crippen molar-refractivity contribution < 1.29 is 4.74 Å². The highest BCUT2D eigenvalue weighted by molar-refractivity contribution is 5.83. The van der Waals surface area contributed by atoms with Crippen LogP contribution in [0.2, 0.25) is 0 Å². The van der Waals surface area contributed by atoms with Crippen molar-refractivity contribution >= 4 is 10.9 Å². The molecule has 0 aliphatic carbocycles. The summed E-state index contributed by atoms with van der Waals surface area (Å²) in [6.45, 7) is 0. The normalized spacial score (nSPS) is 10.3. The highest BCUT2D eigenvalue weighted by Gasteiger charge is 2.01. The molecule has 2 rings (SSSR count). The van der Waals surface area contributed by atoms with E-state index in [4.69, 9.17) is 4.74 Å². The number of aromatic nitrogens is 2. The Morgan fingerprint density at radius 1 is 1.55 bits per heavy atom. The maximum atomic E-state index is 5.05. The standard InChI is InChI=1S/C8H8N2O/c1-11-8-7-6(5-10-8)3-2-4-9-7/h2-5,10H,1H3. The summed E-state index contributed by atoms with van der Waals surface area (Å²) in [5.41, 5.74) is 0.884. The largest absolute Gasteiger partial charge is 0.481 e. The van der Waals surface area contributed by atoms with Gasteiger partial charge in [-0.3, -0.25) is 4.98 Å². The Bertz CT molecular complexity index is 367. The minimum absolute atomic E-state index is 0.723. The average Bonchev–Trinajstić information content (AvgIpc) is 2.47. The third-order valence-electron chi connectivity index (χ3n) is 1.62. The van der Waals surface area contributed by atoms with Crippen LogP contribution in [0.25, 0.3) is 10.9 Å². The number of rotatable bonds is 1. The van der Waals surface area contributed by atoms with Gasteiger partial charge in [0.2, 0.25) is 5.88 Å². The second kappa shape index (κ2) is 2.27. The first-order chi connectivity index (χ1) is 5.42. The second-order valence-electron chi connectivity index (χ2n) is 2.26. The lowest BCUT2D eigenvalue weighted by Gasteiger charge is -1.93. The number of fused-ring (bicyclic) bond motifs is 1. The van der Waals surface area contributed by atoms with Crippen molar-refractivity contribution in [3.63, 3.8) is 0 Å². The zero-order valence-corrected chi connectivity index (χ0v) is 6.16. The van der Waals surface area contributed by atoms with Crippen LogP contribution in [0.1, 0.15) is 0 Å². The van der Waals surface area contributed by atoms with Crippen LogP contribution >= 0.6 is 0 Å². The van der Waals surface area contributed by atoms with E-state index in [1.807, 2.05) is 18.3 Å². The van der Waals surface area contributed by atoms with E-state index in [2.05, 4.69) is 9.97 Å². The number of H-pyrrole nitrogens is 1. The van der Waals surface area contributed by atoms with Crippen LogP contribution < -0.4 is 4.74 Å². The topological polar surface area (TPSA) is 37.9 Å². The number of nitrogens with zero attached hydrogens (tertiary/aromatic N) is 1. The van der Waals surface area contributed by atoms with Gasteiger partial charge in [0.25, 0.3) is 0 Å². The first-order valence-corrected chi connectivity index (χ1v) is 3.38. The summed E-state index contributed by atoms with van der Waals surface area (Å²) < 4.78 is 5.05. The summed E-state index contributed by atoms with van der Waals surface area (Å²) in [4.78, 5) is 7.13. The molecule has 0 bridgehead atoms. The van der Waals surface area contributed by atoms with Crippen LogP contribution in [0.15, 0.2) is 24.5 Å². The van der Waals surface area contributed by atoms with Gasteiger partial charge < -0.3 is 9.72 Å². The van der Waals surface area contributed by atoms with Crippen molar-refractivity contribution in [3.05, 3.63) is 24.5 Å². The lowest BCUT2D eigenvalue weighted by atomic mass is 10.3. The van der Waals surface area contributed by atoms with Crippen molar-refractivity contribution in [2.75, 3.05) is 7.11 Å². The van der Waals surface area contributed by atoms with Crippen molar-refractivity contribution in [1.82, 2.24) is 9.97 Å². The molecule has 0 unspecified atom stereocenters. The highest BCUT2D eigenvalue weighted by Crippen LogP contribution is 2.20. The SMILES string of the molecule is COc1[nH]cc2cccnc12. The molecule has 0 aliphatic rings. The molecule has 0 saturated carbocycles. The van der Waals surface area contributed by atoms with E-state index >= 15 is 0 Å². The molecular weight excluding hydrogens is 140 g/mol. The zero-order valence-electron chi connectivity index (χ0n) is 6.16. The van der Waals surface area contributed by atoms with Crippen LogP contribution in [0.4, 0.5) is 0 Å². The molecular formula is C8H8N2O. The van der Waals surface area contributed by atoms with Gasteiger partial charge in [0.05, 0.1) is 7.11 Å². The molecule has 2 aromatic heterocycles. The molecule has 0 aliphatic heterocycles. The molecule has 2 heterocycles. The summed E-state index contributed by atoms with van der Waals surface area (Å²) in [6.07, 6.45) is 3.62. The van der Waals surface area contributed by atoms with Crippen LogP contribution in [0, 0.1) is 0 Å². The number of methoxy groups -OCH3 is 1. The lowest BCUT2D eigenvalue weighted by Crippen LogP contribution is -1.82. The Morgan fingerprint density at radius 2 is 2.45 bits per heavy atom. The fraction of sp³-hybridized carbons (Fsp3) is 0.125. The Labute approximate surface area is 64.0 Å². The molecule has 0 aromatic carbocycles. The van der Waals surface area contributed by atoms with Crippen LogP contribution in [0.3, 0.4) is 0 Å². The monoisotopic (exact) mass is 148 g/mol. The smallest absolute Gasteiger partial charge is 0.217 e. The Balaban J connectivity index is 2.76. The molecule has 0 atom stereocenters. The van der Waals surface area contributed by atoms with Gasteiger partial charge >= 0.3 is 0 Å². The van der Waals surface area contributed by atoms with Gasteiger partial charge in [-0.05, 0) is 12.1 Å². The molecule has 3 nitrogen and oxygen atoms in total. The molecule has 1 N–H and O–H groups in total. The summed E-state index contributed by atoms with van der Waals surface area (Å²) >= 11 is 0. The van der Waals surface area contributed by atoms with Gasteiger partial charge in [0, 0.05) is 17.8 Å². The van der Waals surface area contributed by atoms with E-state index in [1.54, 1.807) is 13.3 Å². The summed E-state index contributed by atoms with van der Waals surface area (Å²) in [5, 5.41) is 1.07. The predicted molar refractivity (Wildman–Crippen MR) is 42.6 cm³/mol. The Kier molecular flexibility index (Phi) is 1.28. The lowest BCUT2D eigenvalue weighted by molar-refractivity contribution is 0.404. The third kappa shape index (κ3) is 0.852. The molecule has 0 amide bonds. The maximum Gasteiger partial charge on any atom is 0.217 e. The Hall–Kier alpha value is -1.51. The second-order valence-corrected chi connectivity index (χ2v) is 2.26. The van der Waals surface area contributed by atoms with Crippen molar-refractivity contribution in [2.24, 2.45) is 0 Å². The number of hydrogen-bond acceptors (Lipinski definition) is 2. The van der Waals surface area contributed by atoms with Crippen molar-refractivity contribution in [3.8, 4) is 5.88 Å². The van der Waals surface area contributed by atoms with Gasteiger partial charge in [-0.15, -0.1) is 0 Å². The van der Waals surface area contributed by atoms with E-state index in [0.717, 1.165) is 16.8 Å². The fourth-order valence-electron chi connectivity index (χ4n) is 1.09. The number of pyridine rings is 1. The minimum Gasteiger partial charge on any atom is -0.481 e. The fourth-order valence-corrected chi connectivity index (χ4v) is 1.09. The van der Waals surface area contributed by atoms with E-state index in [-0.39, 0.29) is 0 Å². The molecule has 11 heavy (non-hydrogen) atoms. The van der Waals surface area contributed by atoms with Crippen LogP contribution in [0.5, 0.6) is 5.88 Å². The number of ether oxygens (including phenoxy) is 1. The molecule has 0 spiro atoms. The number of aromatic amines is 1. The first-order valence-electron chi connectivity index (χ1n) is 3.38. The van der Waals surface area contributed by atoms with E-state index in [1.165, 1.54) is 0 Å². The average molecular weight is 148 g/mol. The number of hydrogen-bond donors (Lipinski definition) is 1. The van der Waals surface area contributed by atoms with E-state index in [0.29, 0.717) is 0 Å². The third-order valence-corrected chi connectivity index (χ3v) is 1.62. The van der Waals surface area contributed by atoms with Crippen LogP contribution in [-0.2, 0) is 0 Å². The van der Waals surface area contributed by atoms with Gasteiger partial charge in [-0.2, -0.15) is 0 Å². The van der Waals surface area contributed by atoms with Gasteiger partial charge in [-0.25, -0.2) is 0 Å². The molecule has 56 valence electrons. The highest BCUT2D eigenvalue weighted by atomic mass is 16.5.